The Hall–Kier alpha value is -6.94. The van der Waals surface area contributed by atoms with Crippen LogP contribution in [0.5, 0.6) is 57.5 Å². The fraction of sp³-hybridized carbons (Fsp3) is 0.0952. The third-order valence-electron chi connectivity index (χ3n) is 9.57. The number of phenolic OH excluding ortho intramolecular Hbond substituents is 8. The molecule has 2 aliphatic heterocycles. The first-order valence-electron chi connectivity index (χ1n) is 16.4. The van der Waals surface area contributed by atoms with Crippen molar-refractivity contribution in [3.8, 4) is 57.5 Å². The molecule has 2 heterocycles. The molecule has 260 valence electrons. The van der Waals surface area contributed by atoms with Gasteiger partial charge in [-0.1, -0.05) is 42.5 Å². The van der Waals surface area contributed by atoms with E-state index in [1.54, 1.807) is 78.9 Å². The summed E-state index contributed by atoms with van der Waals surface area (Å²) in [6, 6.07) is 28.3. The second-order valence-electron chi connectivity index (χ2n) is 13.0. The van der Waals surface area contributed by atoms with Gasteiger partial charge in [0, 0.05) is 17.2 Å². The Morgan fingerprint density at radius 1 is 0.365 bits per heavy atom. The molecule has 0 bridgehead atoms. The lowest BCUT2D eigenvalue weighted by Gasteiger charge is -2.22. The first-order valence-corrected chi connectivity index (χ1v) is 16.4. The number of aromatic hydroxyl groups is 8. The standard InChI is InChI=1S/C42H32O10/c43-27-8-3-21(4-9-27)1-2-22-13-33(49)39-35(14-22)51-41(23-5-10-28(44)11-6-23)38(39)26-18-34(50)40-36(19-26)52-42(24-7-12-31(47)32(48)17-24)37(40)25-15-29(45)20-30(46)16-25/h1-20,37-38,41-50H. The summed E-state index contributed by atoms with van der Waals surface area (Å²) in [4.78, 5) is 0. The molecule has 0 fully saturated rings. The van der Waals surface area contributed by atoms with Gasteiger partial charge >= 0.3 is 0 Å². The summed E-state index contributed by atoms with van der Waals surface area (Å²) in [6.07, 6.45) is 2.10. The summed E-state index contributed by atoms with van der Waals surface area (Å²) in [5, 5.41) is 84.2. The zero-order valence-corrected chi connectivity index (χ0v) is 27.3. The molecule has 4 atom stereocenters. The van der Waals surface area contributed by atoms with Crippen LogP contribution in [0.3, 0.4) is 0 Å². The minimum absolute atomic E-state index is 0.0411. The lowest BCUT2D eigenvalue weighted by atomic mass is 9.81. The van der Waals surface area contributed by atoms with Crippen LogP contribution in [0.4, 0.5) is 0 Å². The number of phenols is 8. The summed E-state index contributed by atoms with van der Waals surface area (Å²) in [5.74, 6) is -1.79. The molecule has 2 aliphatic rings. The molecule has 6 aromatic rings. The molecule has 8 rings (SSSR count). The Bertz CT molecular complexity index is 2350. The lowest BCUT2D eigenvalue weighted by molar-refractivity contribution is 0.218. The van der Waals surface area contributed by atoms with Gasteiger partial charge in [0.1, 0.15) is 58.2 Å². The minimum Gasteiger partial charge on any atom is -0.508 e. The van der Waals surface area contributed by atoms with Gasteiger partial charge in [0.2, 0.25) is 0 Å². The largest absolute Gasteiger partial charge is 0.508 e. The van der Waals surface area contributed by atoms with Crippen LogP contribution >= 0.6 is 0 Å². The van der Waals surface area contributed by atoms with Gasteiger partial charge in [-0.05, 0) is 106 Å². The van der Waals surface area contributed by atoms with Crippen molar-refractivity contribution in [3.05, 3.63) is 154 Å². The Balaban J connectivity index is 1.25. The maximum absolute atomic E-state index is 11.8. The van der Waals surface area contributed by atoms with Crippen molar-refractivity contribution in [2.24, 2.45) is 0 Å². The quantitative estimate of drug-likeness (QED) is 0.0627. The molecule has 0 saturated carbocycles. The number of fused-ring (bicyclic) bond motifs is 2. The van der Waals surface area contributed by atoms with Gasteiger partial charge in [-0.3, -0.25) is 0 Å². The molecule has 0 aliphatic carbocycles. The van der Waals surface area contributed by atoms with Gasteiger partial charge in [0.05, 0.1) is 11.8 Å². The van der Waals surface area contributed by atoms with Gasteiger partial charge in [-0.25, -0.2) is 0 Å². The Kier molecular flexibility index (Phi) is 7.72. The third-order valence-corrected chi connectivity index (χ3v) is 9.57. The van der Waals surface area contributed by atoms with Crippen molar-refractivity contribution in [2.75, 3.05) is 0 Å². The van der Waals surface area contributed by atoms with Crippen LogP contribution in [0.15, 0.2) is 109 Å². The highest BCUT2D eigenvalue weighted by atomic mass is 16.5. The number of hydrogen-bond acceptors (Lipinski definition) is 10. The van der Waals surface area contributed by atoms with Crippen LogP contribution in [0.25, 0.3) is 12.2 Å². The molecular weight excluding hydrogens is 664 g/mol. The van der Waals surface area contributed by atoms with Crippen molar-refractivity contribution < 1.29 is 50.3 Å². The molecule has 0 radical (unpaired) electrons. The summed E-state index contributed by atoms with van der Waals surface area (Å²) in [7, 11) is 0. The molecule has 52 heavy (non-hydrogen) atoms. The topological polar surface area (TPSA) is 180 Å². The average Bonchev–Trinajstić information content (AvgIpc) is 3.69. The summed E-state index contributed by atoms with van der Waals surface area (Å²) < 4.78 is 13.1. The van der Waals surface area contributed by atoms with Crippen LogP contribution in [0, 0.1) is 0 Å². The molecule has 0 saturated heterocycles. The zero-order chi connectivity index (χ0) is 36.3. The van der Waals surface area contributed by atoms with Crippen LogP contribution < -0.4 is 9.47 Å². The highest BCUT2D eigenvalue weighted by Crippen LogP contribution is 2.58. The van der Waals surface area contributed by atoms with Gasteiger partial charge in [0.15, 0.2) is 11.5 Å². The Morgan fingerprint density at radius 3 is 1.50 bits per heavy atom. The molecule has 6 aromatic carbocycles. The smallest absolute Gasteiger partial charge is 0.157 e. The lowest BCUT2D eigenvalue weighted by Crippen LogP contribution is -2.11. The van der Waals surface area contributed by atoms with E-state index < -0.39 is 24.0 Å². The summed E-state index contributed by atoms with van der Waals surface area (Å²) in [6.45, 7) is 0. The second kappa shape index (κ2) is 12.4. The number of hydrogen-bond donors (Lipinski definition) is 8. The predicted molar refractivity (Wildman–Crippen MR) is 191 cm³/mol. The zero-order valence-electron chi connectivity index (χ0n) is 27.3. The minimum atomic E-state index is -0.861. The molecule has 0 aromatic heterocycles. The summed E-state index contributed by atoms with van der Waals surface area (Å²) >= 11 is 0. The van der Waals surface area contributed by atoms with Crippen molar-refractivity contribution in [1.29, 1.82) is 0 Å². The first-order chi connectivity index (χ1) is 25.0. The van der Waals surface area contributed by atoms with Crippen molar-refractivity contribution in [1.82, 2.24) is 0 Å². The molecule has 10 nitrogen and oxygen atoms in total. The van der Waals surface area contributed by atoms with Gasteiger partial charge in [-0.15, -0.1) is 0 Å². The van der Waals surface area contributed by atoms with Crippen LogP contribution in [0.2, 0.25) is 0 Å². The maximum Gasteiger partial charge on any atom is 0.157 e. The summed E-state index contributed by atoms with van der Waals surface area (Å²) in [5.41, 5.74) is 4.48. The number of rotatable bonds is 6. The molecule has 0 spiro atoms. The Morgan fingerprint density at radius 2 is 0.865 bits per heavy atom. The van der Waals surface area contributed by atoms with E-state index in [4.69, 9.17) is 9.47 Å². The molecular formula is C42H32O10. The molecule has 8 N–H and O–H groups in total. The van der Waals surface area contributed by atoms with E-state index in [0.29, 0.717) is 44.7 Å². The van der Waals surface area contributed by atoms with Crippen molar-refractivity contribution in [3.63, 3.8) is 0 Å². The molecule has 4 unspecified atom stereocenters. The maximum atomic E-state index is 11.8. The van der Waals surface area contributed by atoms with Gasteiger partial charge in [-0.2, -0.15) is 0 Å². The van der Waals surface area contributed by atoms with E-state index in [0.717, 1.165) is 5.56 Å². The normalized spacial score (nSPS) is 18.8. The molecule has 0 amide bonds. The van der Waals surface area contributed by atoms with Crippen LogP contribution in [-0.2, 0) is 0 Å². The van der Waals surface area contributed by atoms with Crippen molar-refractivity contribution in [2.45, 2.75) is 24.0 Å². The number of ether oxygens (including phenoxy) is 2. The van der Waals surface area contributed by atoms with Crippen LogP contribution in [-0.4, -0.2) is 40.9 Å². The van der Waals surface area contributed by atoms with E-state index in [-0.39, 0.29) is 51.7 Å². The van der Waals surface area contributed by atoms with Gasteiger partial charge in [0.25, 0.3) is 0 Å². The van der Waals surface area contributed by atoms with E-state index in [9.17, 15) is 40.9 Å². The fourth-order valence-corrected chi connectivity index (χ4v) is 7.23. The van der Waals surface area contributed by atoms with E-state index in [1.807, 2.05) is 12.2 Å². The molecule has 10 heteroatoms. The highest BCUT2D eigenvalue weighted by molar-refractivity contribution is 5.73. The van der Waals surface area contributed by atoms with E-state index >= 15 is 0 Å². The average molecular weight is 697 g/mol. The monoisotopic (exact) mass is 696 g/mol. The Labute approximate surface area is 297 Å². The van der Waals surface area contributed by atoms with E-state index in [2.05, 4.69) is 0 Å². The third kappa shape index (κ3) is 5.75. The highest BCUT2D eigenvalue weighted by Gasteiger charge is 2.44. The number of benzene rings is 6. The van der Waals surface area contributed by atoms with Crippen molar-refractivity contribution >= 4 is 12.2 Å². The second-order valence-corrected chi connectivity index (χ2v) is 13.0. The predicted octanol–water partition coefficient (Wildman–Crippen LogP) is 8.03. The van der Waals surface area contributed by atoms with E-state index in [1.165, 1.54) is 30.3 Å². The van der Waals surface area contributed by atoms with Gasteiger partial charge < -0.3 is 50.3 Å². The van der Waals surface area contributed by atoms with Crippen LogP contribution in [0.1, 0.15) is 68.6 Å². The SMILES string of the molecule is Oc1ccc(C=Cc2cc(O)c3c(c2)OC(c2ccc(O)cc2)C3c2cc(O)c3c(c2)OC(c2ccc(O)c(O)c2)C3c2cc(O)cc(O)c2)cc1. The first kappa shape index (κ1) is 32.3. The fourth-order valence-electron chi connectivity index (χ4n) is 7.23.